The summed E-state index contributed by atoms with van der Waals surface area (Å²) in [4.78, 5) is 0. The monoisotopic (exact) mass is 224 g/mol. The predicted octanol–water partition coefficient (Wildman–Crippen LogP) is 1.57. The Morgan fingerprint density at radius 1 is 1.40 bits per heavy atom. The second-order valence-electron chi connectivity index (χ2n) is 3.34. The van der Waals surface area contributed by atoms with Crippen molar-refractivity contribution >= 4 is 15.7 Å². The molecule has 0 aliphatic heterocycles. The van der Waals surface area contributed by atoms with Crippen LogP contribution in [0.25, 0.3) is 0 Å². The smallest absolute Gasteiger partial charge is 0.246 e. The van der Waals surface area contributed by atoms with Crippen LogP contribution >= 0.6 is 0 Å². The molecule has 0 saturated carbocycles. The van der Waals surface area contributed by atoms with Crippen LogP contribution in [0.1, 0.15) is 11.1 Å². The first kappa shape index (κ1) is 11.5. The third kappa shape index (κ3) is 3.26. The van der Waals surface area contributed by atoms with Gasteiger partial charge in [0, 0.05) is 0 Å². The Hall–Kier alpha value is -1.54. The molecule has 0 aliphatic rings. The summed E-state index contributed by atoms with van der Waals surface area (Å²) in [5.41, 5.74) is 2.34. The first-order valence-corrected chi connectivity index (χ1v) is 6.04. The zero-order chi connectivity index (χ0) is 11.5. The molecule has 0 heterocycles. The lowest BCUT2D eigenvalue weighted by molar-refractivity contribution is 0.604. The van der Waals surface area contributed by atoms with Gasteiger partial charge in [-0.2, -0.15) is 5.26 Å². The lowest BCUT2D eigenvalue weighted by atomic mass is 10.1. The minimum absolute atomic E-state index is 0.527. The van der Waals surface area contributed by atoms with E-state index in [9.17, 15) is 8.42 Å². The van der Waals surface area contributed by atoms with Crippen LogP contribution in [-0.2, 0) is 10.0 Å². The van der Waals surface area contributed by atoms with E-state index in [1.807, 2.05) is 26.0 Å². The molecular weight excluding hydrogens is 212 g/mol. The topological polar surface area (TPSA) is 70.0 Å². The minimum atomic E-state index is -3.54. The summed E-state index contributed by atoms with van der Waals surface area (Å²) >= 11 is 0. The predicted molar refractivity (Wildman–Crippen MR) is 58.9 cm³/mol. The van der Waals surface area contributed by atoms with Crippen molar-refractivity contribution in [2.24, 2.45) is 0 Å². The van der Waals surface area contributed by atoms with Crippen LogP contribution in [0.3, 0.4) is 0 Å². The van der Waals surface area contributed by atoms with Gasteiger partial charge in [0.05, 0.1) is 11.8 Å². The van der Waals surface area contributed by atoms with Gasteiger partial charge in [0.2, 0.25) is 10.0 Å². The Morgan fingerprint density at radius 2 is 2.07 bits per heavy atom. The molecule has 15 heavy (non-hydrogen) atoms. The van der Waals surface area contributed by atoms with Crippen LogP contribution in [-0.4, -0.2) is 14.2 Å². The van der Waals surface area contributed by atoms with E-state index in [1.165, 1.54) is 0 Å². The molecule has 0 spiro atoms. The summed E-state index contributed by atoms with van der Waals surface area (Å²) < 4.78 is 25.0. The third-order valence-corrected chi connectivity index (χ3v) is 2.95. The normalized spacial score (nSPS) is 10.7. The second-order valence-corrected chi connectivity index (χ2v) is 5.06. The van der Waals surface area contributed by atoms with Gasteiger partial charge in [-0.15, -0.1) is 0 Å². The quantitative estimate of drug-likeness (QED) is 0.847. The van der Waals surface area contributed by atoms with Gasteiger partial charge in [0.25, 0.3) is 0 Å². The average Bonchev–Trinajstić information content (AvgIpc) is 2.10. The van der Waals surface area contributed by atoms with Gasteiger partial charge in [-0.05, 0) is 31.0 Å². The molecule has 0 radical (unpaired) electrons. The van der Waals surface area contributed by atoms with Gasteiger partial charge >= 0.3 is 0 Å². The highest BCUT2D eigenvalue weighted by Gasteiger charge is 2.10. The molecule has 1 rings (SSSR count). The summed E-state index contributed by atoms with van der Waals surface area (Å²) in [6.07, 6.45) is 0. The first-order chi connectivity index (χ1) is 6.94. The molecule has 0 aliphatic carbocycles. The molecule has 0 bridgehead atoms. The molecule has 0 amide bonds. The molecule has 0 fully saturated rings. The van der Waals surface area contributed by atoms with Gasteiger partial charge in [0.1, 0.15) is 0 Å². The fourth-order valence-electron chi connectivity index (χ4n) is 1.13. The second kappa shape index (κ2) is 4.32. The van der Waals surface area contributed by atoms with E-state index in [1.54, 1.807) is 12.1 Å². The van der Waals surface area contributed by atoms with Crippen molar-refractivity contribution in [2.75, 3.05) is 10.5 Å². The van der Waals surface area contributed by atoms with E-state index < -0.39 is 15.8 Å². The van der Waals surface area contributed by atoms with Crippen molar-refractivity contribution < 1.29 is 8.42 Å². The van der Waals surface area contributed by atoms with E-state index in [4.69, 9.17) is 5.26 Å². The summed E-state index contributed by atoms with van der Waals surface area (Å²) in [5.74, 6) is -0.527. The molecular formula is C10H12N2O2S. The number of benzene rings is 1. The molecule has 4 nitrogen and oxygen atoms in total. The fraction of sp³-hybridized carbons (Fsp3) is 0.300. The number of hydrogen-bond acceptors (Lipinski definition) is 3. The van der Waals surface area contributed by atoms with E-state index in [-0.39, 0.29) is 0 Å². The number of hydrogen-bond donors (Lipinski definition) is 1. The zero-order valence-corrected chi connectivity index (χ0v) is 9.43. The number of nitriles is 1. The van der Waals surface area contributed by atoms with Gasteiger partial charge < -0.3 is 0 Å². The maximum atomic E-state index is 11.3. The van der Waals surface area contributed by atoms with Crippen LogP contribution in [0, 0.1) is 25.2 Å². The van der Waals surface area contributed by atoms with Gasteiger partial charge in [-0.1, -0.05) is 12.1 Å². The lowest BCUT2D eigenvalue weighted by Crippen LogP contribution is -2.16. The molecule has 0 unspecified atom stereocenters. The maximum Gasteiger partial charge on any atom is 0.246 e. The van der Waals surface area contributed by atoms with Crippen molar-refractivity contribution in [1.82, 2.24) is 0 Å². The SMILES string of the molecule is Cc1ccc(C)c(NS(=O)(=O)CC#N)c1. The number of sulfonamides is 1. The van der Waals surface area contributed by atoms with Crippen LogP contribution in [0.15, 0.2) is 18.2 Å². The largest absolute Gasteiger partial charge is 0.282 e. The number of aryl methyl sites for hydroxylation is 2. The van der Waals surface area contributed by atoms with E-state index >= 15 is 0 Å². The third-order valence-electron chi connectivity index (χ3n) is 1.91. The molecule has 1 N–H and O–H groups in total. The molecule has 0 aromatic heterocycles. The number of nitrogens with zero attached hydrogens (tertiary/aromatic N) is 1. The first-order valence-electron chi connectivity index (χ1n) is 4.39. The van der Waals surface area contributed by atoms with E-state index in [0.29, 0.717) is 5.69 Å². The van der Waals surface area contributed by atoms with Gasteiger partial charge in [0.15, 0.2) is 5.75 Å². The Bertz CT molecular complexity index is 501. The fourth-order valence-corrected chi connectivity index (χ4v) is 1.93. The zero-order valence-electron chi connectivity index (χ0n) is 8.61. The summed E-state index contributed by atoms with van der Waals surface area (Å²) in [7, 11) is -3.54. The molecule has 5 heteroatoms. The Balaban J connectivity index is 3.00. The Labute approximate surface area is 89.6 Å². The summed E-state index contributed by atoms with van der Waals surface area (Å²) in [5, 5.41) is 8.33. The molecule has 1 aromatic carbocycles. The van der Waals surface area contributed by atoms with Crippen LogP contribution < -0.4 is 4.72 Å². The van der Waals surface area contributed by atoms with Crippen LogP contribution in [0.5, 0.6) is 0 Å². The van der Waals surface area contributed by atoms with Crippen molar-refractivity contribution in [3.05, 3.63) is 29.3 Å². The number of anilines is 1. The number of nitrogens with one attached hydrogen (secondary N) is 1. The lowest BCUT2D eigenvalue weighted by Gasteiger charge is -2.08. The Kier molecular flexibility index (Phi) is 3.32. The minimum Gasteiger partial charge on any atom is -0.282 e. The Morgan fingerprint density at radius 3 is 2.67 bits per heavy atom. The maximum absolute atomic E-state index is 11.3. The van der Waals surface area contributed by atoms with Crippen LogP contribution in [0.2, 0.25) is 0 Å². The van der Waals surface area contributed by atoms with Crippen LogP contribution in [0.4, 0.5) is 5.69 Å². The van der Waals surface area contributed by atoms with Gasteiger partial charge in [-0.25, -0.2) is 8.42 Å². The van der Waals surface area contributed by atoms with Crippen molar-refractivity contribution in [3.63, 3.8) is 0 Å². The molecule has 1 aromatic rings. The standard InChI is InChI=1S/C10H12N2O2S/c1-8-3-4-9(2)10(7-8)12-15(13,14)6-5-11/h3-4,7,12H,6H2,1-2H3. The van der Waals surface area contributed by atoms with E-state index in [0.717, 1.165) is 11.1 Å². The van der Waals surface area contributed by atoms with Crippen molar-refractivity contribution in [3.8, 4) is 6.07 Å². The highest BCUT2D eigenvalue weighted by atomic mass is 32.2. The molecule has 0 saturated heterocycles. The summed E-state index contributed by atoms with van der Waals surface area (Å²) in [6, 6.07) is 7.09. The van der Waals surface area contributed by atoms with Crippen molar-refractivity contribution in [2.45, 2.75) is 13.8 Å². The molecule has 0 atom stereocenters. The van der Waals surface area contributed by atoms with Gasteiger partial charge in [-0.3, -0.25) is 4.72 Å². The van der Waals surface area contributed by atoms with E-state index in [2.05, 4.69) is 4.72 Å². The van der Waals surface area contributed by atoms with Crippen molar-refractivity contribution in [1.29, 1.82) is 5.26 Å². The molecule has 80 valence electrons. The summed E-state index contributed by atoms with van der Waals surface area (Å²) in [6.45, 7) is 3.69. The average molecular weight is 224 g/mol. The highest BCUT2D eigenvalue weighted by Crippen LogP contribution is 2.17. The number of rotatable bonds is 3. The highest BCUT2D eigenvalue weighted by molar-refractivity contribution is 7.92.